The minimum atomic E-state index is -0.0949. The van der Waals surface area contributed by atoms with E-state index >= 15 is 0 Å². The molecular weight excluding hydrogens is 214 g/mol. The molecule has 0 aliphatic carbocycles. The molecule has 0 spiro atoms. The van der Waals surface area contributed by atoms with Gasteiger partial charge in [0.15, 0.2) is 0 Å². The normalized spacial score (nSPS) is 16.1. The van der Waals surface area contributed by atoms with Gasteiger partial charge in [-0.15, -0.1) is 0 Å². The molecule has 3 N–H and O–H groups in total. The van der Waals surface area contributed by atoms with Crippen LogP contribution >= 0.6 is 0 Å². The summed E-state index contributed by atoms with van der Waals surface area (Å²) in [4.78, 5) is 13.4. The summed E-state index contributed by atoms with van der Waals surface area (Å²) in [5.41, 5.74) is 5.00. The van der Waals surface area contributed by atoms with Gasteiger partial charge in [-0.25, -0.2) is 5.84 Å². The van der Waals surface area contributed by atoms with E-state index in [4.69, 9.17) is 5.84 Å². The second-order valence-corrected chi connectivity index (χ2v) is 4.47. The topological polar surface area (TPSA) is 58.4 Å². The van der Waals surface area contributed by atoms with Gasteiger partial charge in [0.25, 0.3) is 0 Å². The molecule has 0 saturated heterocycles. The number of rotatable bonds is 3. The molecule has 1 aromatic rings. The lowest BCUT2D eigenvalue weighted by molar-refractivity contribution is -0.121. The predicted molar refractivity (Wildman–Crippen MR) is 67.0 cm³/mol. The molecular formula is C13H19N3O. The number of benzene rings is 1. The van der Waals surface area contributed by atoms with Crippen molar-refractivity contribution in [3.05, 3.63) is 35.4 Å². The van der Waals surface area contributed by atoms with E-state index in [0.717, 1.165) is 32.5 Å². The largest absolute Gasteiger partial charge is 0.299 e. The highest BCUT2D eigenvalue weighted by Crippen LogP contribution is 2.18. The molecule has 4 heteroatoms. The molecule has 1 heterocycles. The number of carbonyl (C=O) groups excluding carboxylic acids is 1. The Labute approximate surface area is 102 Å². The van der Waals surface area contributed by atoms with Crippen LogP contribution < -0.4 is 11.3 Å². The first kappa shape index (κ1) is 12.1. The van der Waals surface area contributed by atoms with E-state index in [-0.39, 0.29) is 5.91 Å². The number of carbonyl (C=O) groups is 1. The zero-order valence-corrected chi connectivity index (χ0v) is 9.98. The fourth-order valence-corrected chi connectivity index (χ4v) is 2.29. The molecule has 4 nitrogen and oxygen atoms in total. The summed E-state index contributed by atoms with van der Waals surface area (Å²) in [6.45, 7) is 2.76. The van der Waals surface area contributed by atoms with Crippen LogP contribution in [-0.2, 0) is 17.8 Å². The quantitative estimate of drug-likeness (QED) is 0.461. The van der Waals surface area contributed by atoms with Crippen molar-refractivity contribution >= 4 is 5.91 Å². The number of nitrogens with zero attached hydrogens (tertiary/aromatic N) is 1. The highest BCUT2D eigenvalue weighted by Gasteiger charge is 2.14. The molecule has 0 radical (unpaired) electrons. The number of fused-ring (bicyclic) bond motifs is 1. The molecule has 0 fully saturated rings. The number of aryl methyl sites for hydroxylation is 1. The average molecular weight is 233 g/mol. The van der Waals surface area contributed by atoms with Crippen molar-refractivity contribution in [2.24, 2.45) is 5.84 Å². The molecule has 1 aliphatic heterocycles. The molecule has 0 saturated carbocycles. The fourth-order valence-electron chi connectivity index (χ4n) is 2.29. The summed E-state index contributed by atoms with van der Waals surface area (Å²) in [7, 11) is 0. The van der Waals surface area contributed by atoms with Crippen LogP contribution in [0.4, 0.5) is 0 Å². The molecule has 1 aromatic carbocycles. The SMILES string of the molecule is NNC(=O)CCN1CCCc2ccccc2C1. The van der Waals surface area contributed by atoms with Gasteiger partial charge in [0.2, 0.25) is 5.91 Å². The third-order valence-electron chi connectivity index (χ3n) is 3.25. The molecule has 0 atom stereocenters. The minimum absolute atomic E-state index is 0.0949. The Morgan fingerprint density at radius 2 is 2.12 bits per heavy atom. The van der Waals surface area contributed by atoms with Crippen molar-refractivity contribution in [1.29, 1.82) is 0 Å². The van der Waals surface area contributed by atoms with Gasteiger partial charge in [0, 0.05) is 19.5 Å². The van der Waals surface area contributed by atoms with Crippen molar-refractivity contribution in [1.82, 2.24) is 10.3 Å². The zero-order chi connectivity index (χ0) is 12.1. The van der Waals surface area contributed by atoms with Crippen LogP contribution in [0.2, 0.25) is 0 Å². The van der Waals surface area contributed by atoms with Crippen molar-refractivity contribution in [2.45, 2.75) is 25.8 Å². The Morgan fingerprint density at radius 1 is 1.35 bits per heavy atom. The first-order valence-electron chi connectivity index (χ1n) is 6.08. The second kappa shape index (κ2) is 5.80. The molecule has 0 bridgehead atoms. The van der Waals surface area contributed by atoms with Gasteiger partial charge in [-0.2, -0.15) is 0 Å². The Bertz CT molecular complexity index is 392. The first-order valence-corrected chi connectivity index (χ1v) is 6.08. The molecule has 1 amide bonds. The second-order valence-electron chi connectivity index (χ2n) is 4.47. The van der Waals surface area contributed by atoms with Crippen LogP contribution in [0.3, 0.4) is 0 Å². The van der Waals surface area contributed by atoms with Crippen LogP contribution in [0.5, 0.6) is 0 Å². The summed E-state index contributed by atoms with van der Waals surface area (Å²) in [6, 6.07) is 8.55. The summed E-state index contributed by atoms with van der Waals surface area (Å²) >= 11 is 0. The van der Waals surface area contributed by atoms with Crippen molar-refractivity contribution in [3.8, 4) is 0 Å². The Morgan fingerprint density at radius 3 is 2.88 bits per heavy atom. The first-order chi connectivity index (χ1) is 8.29. The minimum Gasteiger partial charge on any atom is -0.299 e. The van der Waals surface area contributed by atoms with E-state index < -0.39 is 0 Å². The zero-order valence-electron chi connectivity index (χ0n) is 9.98. The number of hydrazine groups is 1. The lowest BCUT2D eigenvalue weighted by Gasteiger charge is -2.19. The lowest BCUT2D eigenvalue weighted by Crippen LogP contribution is -2.34. The average Bonchev–Trinajstić information content (AvgIpc) is 2.57. The van der Waals surface area contributed by atoms with Gasteiger partial charge < -0.3 is 0 Å². The molecule has 0 unspecified atom stereocenters. The maximum Gasteiger partial charge on any atom is 0.235 e. The molecule has 2 rings (SSSR count). The van der Waals surface area contributed by atoms with Crippen molar-refractivity contribution in [2.75, 3.05) is 13.1 Å². The monoisotopic (exact) mass is 233 g/mol. The molecule has 1 aliphatic rings. The van der Waals surface area contributed by atoms with E-state index in [1.165, 1.54) is 11.1 Å². The van der Waals surface area contributed by atoms with Gasteiger partial charge in [0.1, 0.15) is 0 Å². The Balaban J connectivity index is 1.96. The maximum atomic E-state index is 11.1. The highest BCUT2D eigenvalue weighted by atomic mass is 16.2. The smallest absolute Gasteiger partial charge is 0.235 e. The van der Waals surface area contributed by atoms with Crippen LogP contribution in [0.15, 0.2) is 24.3 Å². The third-order valence-corrected chi connectivity index (χ3v) is 3.25. The van der Waals surface area contributed by atoms with Crippen LogP contribution in [-0.4, -0.2) is 23.9 Å². The number of hydrogen-bond acceptors (Lipinski definition) is 3. The van der Waals surface area contributed by atoms with Gasteiger partial charge >= 0.3 is 0 Å². The number of hydrogen-bond donors (Lipinski definition) is 2. The number of amides is 1. The van der Waals surface area contributed by atoms with Gasteiger partial charge in [-0.1, -0.05) is 24.3 Å². The standard InChI is InChI=1S/C13H19N3O/c14-15-13(17)7-9-16-8-3-6-11-4-1-2-5-12(11)10-16/h1-2,4-5H,3,6-10,14H2,(H,15,17). The lowest BCUT2D eigenvalue weighted by atomic mass is 10.0. The Kier molecular flexibility index (Phi) is 4.12. The summed E-state index contributed by atoms with van der Waals surface area (Å²) < 4.78 is 0. The third kappa shape index (κ3) is 3.28. The summed E-state index contributed by atoms with van der Waals surface area (Å²) in [5.74, 6) is 4.98. The van der Waals surface area contributed by atoms with Gasteiger partial charge in [-0.05, 0) is 30.5 Å². The van der Waals surface area contributed by atoms with E-state index in [1.54, 1.807) is 0 Å². The van der Waals surface area contributed by atoms with Gasteiger partial charge in [0.05, 0.1) is 0 Å². The summed E-state index contributed by atoms with van der Waals surface area (Å²) in [5, 5.41) is 0. The number of nitrogens with one attached hydrogen (secondary N) is 1. The van der Waals surface area contributed by atoms with E-state index in [9.17, 15) is 4.79 Å². The van der Waals surface area contributed by atoms with E-state index in [1.807, 2.05) is 0 Å². The van der Waals surface area contributed by atoms with Crippen LogP contribution in [0.1, 0.15) is 24.0 Å². The molecule has 92 valence electrons. The van der Waals surface area contributed by atoms with Crippen LogP contribution in [0, 0.1) is 0 Å². The van der Waals surface area contributed by atoms with Crippen LogP contribution in [0.25, 0.3) is 0 Å². The fraction of sp³-hybridized carbons (Fsp3) is 0.462. The van der Waals surface area contributed by atoms with Crippen molar-refractivity contribution < 1.29 is 4.79 Å². The maximum absolute atomic E-state index is 11.1. The van der Waals surface area contributed by atoms with E-state index in [0.29, 0.717) is 6.42 Å². The Hall–Kier alpha value is -1.39. The molecule has 0 aromatic heterocycles. The van der Waals surface area contributed by atoms with E-state index in [2.05, 4.69) is 34.6 Å². The highest BCUT2D eigenvalue weighted by molar-refractivity contribution is 5.75. The number of nitrogens with two attached hydrogens (primary N) is 1. The predicted octanol–water partition coefficient (Wildman–Crippen LogP) is 0.815. The molecule has 17 heavy (non-hydrogen) atoms. The van der Waals surface area contributed by atoms with Gasteiger partial charge in [-0.3, -0.25) is 15.1 Å². The summed E-state index contributed by atoms with van der Waals surface area (Å²) in [6.07, 6.45) is 2.76. The van der Waals surface area contributed by atoms with Crippen molar-refractivity contribution in [3.63, 3.8) is 0 Å².